The smallest absolute Gasteiger partial charge is 0 e. The summed E-state index contributed by atoms with van der Waals surface area (Å²) in [5.41, 5.74) is 0. The van der Waals surface area contributed by atoms with Gasteiger partial charge in [0.05, 0.1) is 0 Å². The molecule has 0 fully saturated rings. The summed E-state index contributed by atoms with van der Waals surface area (Å²) < 4.78 is 0. The first-order chi connectivity index (χ1) is 0. The van der Waals surface area contributed by atoms with Crippen LogP contribution in [0.1, 0.15) is 0 Å². The minimum atomic E-state index is 0. The predicted octanol–water partition coefficient (Wildman–Crippen LogP) is 0. The van der Waals surface area contributed by atoms with E-state index in [9.17, 15) is 0 Å². The fourth-order valence-corrected chi connectivity index (χ4v) is 0. The Balaban J connectivity index is 0. The Hall–Kier alpha value is 93.9. The van der Waals surface area contributed by atoms with Crippen LogP contribution >= 0.6 is 0 Å². The fraction of sp³-hybridized carbons (Fsp3) is 0. The SMILES string of the molecule is [Tb].[Tb].[Tb].[Tb].[Tb].[Tb].[Tb].[Tb].[Tb].[Tb].[Tb].[Tb].[Tb].[Tb].[Tb].[Tb].[Tb].[Tb].[Tb].[Tb].[Tb].[Tb].[Tb].[Tb].[Tb].[Tb].[Tb].[Tb].[Tb].[Tb].[Tb].[Tb].[Tb].[Tb].[Tb].[Tb].[Tb].[Tb].[Tb].[Tb].[Tb].[Tb].[Tb].[Tb].[Tb].[Tb].[Tb].[Tb].[Tb].[Tb].[Tb].[Tb].[Tb].[Tb].[Tb].[Tb].[Tb].[Tb].[Tb].[Tb].[Tb].[Tb].[Tb].[Tb].[Tb].[Tb].[Tb].[Tb].[Tb].[Tb].[Tb].[Tb].[Tb]. The van der Waals surface area contributed by atoms with Gasteiger partial charge < -0.3 is 0 Å². The molecule has 0 rings (SSSR count). The van der Waals surface area contributed by atoms with Crippen molar-refractivity contribution in [3.8, 4) is 0 Å². The Morgan fingerprint density at radius 3 is 0.0137 bits per heavy atom. The molecular formula is Tb73. The van der Waals surface area contributed by atoms with Crippen LogP contribution in [-0.2, 0) is 0 Å². The summed E-state index contributed by atoms with van der Waals surface area (Å²) in [5, 5.41) is 0. The Morgan fingerprint density at radius 2 is 0.0137 bits per heavy atom. The van der Waals surface area contributed by atoms with Gasteiger partial charge in [0, 0.05) is 2820 Å². The van der Waals surface area contributed by atoms with E-state index < -0.39 is 0 Å². The topological polar surface area (TPSA) is 0 Å². The van der Waals surface area contributed by atoms with Gasteiger partial charge in [-0.15, -0.1) is 0 Å². The van der Waals surface area contributed by atoms with Gasteiger partial charge >= 0.3 is 0 Å². The first-order valence-electron chi connectivity index (χ1n) is 0. The van der Waals surface area contributed by atoms with Crippen molar-refractivity contribution in [2.45, 2.75) is 0 Å². The van der Waals surface area contributed by atoms with Crippen LogP contribution in [0, 0.1) is 2820 Å². The molecule has 0 aliphatic carbocycles. The molecule has 73 radical (unpaired) electrons. The molecule has 0 nitrogen and oxygen atoms in total. The molecule has 0 saturated carbocycles. The number of hydrogen-bond acceptors (Lipinski definition) is 0. The minimum Gasteiger partial charge on any atom is 0 e. The second-order valence-electron chi connectivity index (χ2n) is 0. The Morgan fingerprint density at radius 1 is 0.0137 bits per heavy atom. The molecule has 0 spiro atoms. The van der Waals surface area contributed by atoms with Crippen LogP contribution < -0.4 is 0 Å². The van der Waals surface area contributed by atoms with Crippen LogP contribution in [0.15, 0.2) is 0 Å². The van der Waals surface area contributed by atoms with Crippen LogP contribution in [0.25, 0.3) is 0 Å². The molecule has 0 atom stereocenters. The quantitative estimate of drug-likeness (QED) is 0.321. The summed E-state index contributed by atoms with van der Waals surface area (Å²) in [5.74, 6) is 0. The fourth-order valence-electron chi connectivity index (χ4n) is 0. The second-order valence-corrected chi connectivity index (χ2v) is 0. The van der Waals surface area contributed by atoms with Gasteiger partial charge in [0.2, 0.25) is 0 Å². The van der Waals surface area contributed by atoms with E-state index in [2.05, 4.69) is 0 Å². The Labute approximate surface area is 2700 Å². The molecule has 0 bridgehead atoms. The van der Waals surface area contributed by atoms with Crippen molar-refractivity contribution in [3.05, 3.63) is 0 Å². The van der Waals surface area contributed by atoms with E-state index in [0.29, 0.717) is 0 Å². The molecule has 0 aromatic rings. The molecule has 73 heavy (non-hydrogen) atoms. The van der Waals surface area contributed by atoms with Crippen molar-refractivity contribution in [2.24, 2.45) is 0 Å². The summed E-state index contributed by atoms with van der Waals surface area (Å²) in [6.45, 7) is 0. The van der Waals surface area contributed by atoms with Crippen LogP contribution in [0.3, 0.4) is 0 Å². The van der Waals surface area contributed by atoms with Gasteiger partial charge in [-0.1, -0.05) is 0 Å². The van der Waals surface area contributed by atoms with Gasteiger partial charge in [-0.25, -0.2) is 0 Å². The molecule has 0 aliphatic rings. The van der Waals surface area contributed by atoms with Crippen LogP contribution in [-0.4, -0.2) is 0 Å². The molecule has 0 aromatic carbocycles. The van der Waals surface area contributed by atoms with Gasteiger partial charge in [0.1, 0.15) is 0 Å². The van der Waals surface area contributed by atoms with E-state index in [-0.39, 0.29) is 2820 Å². The minimum absolute atomic E-state index is 0. The molecule has 73 heteroatoms. The van der Waals surface area contributed by atoms with Crippen LogP contribution in [0.5, 0.6) is 0 Å². The molecule has 657 valence electrons. The van der Waals surface area contributed by atoms with Gasteiger partial charge in [-0.2, -0.15) is 0 Å². The molecule has 0 aliphatic heterocycles. The molecule has 0 heterocycles. The molecule has 0 saturated heterocycles. The monoisotopic (exact) mass is 11600 g/mol. The zero-order chi connectivity index (χ0) is 0. The summed E-state index contributed by atoms with van der Waals surface area (Å²) in [6, 6.07) is 0. The van der Waals surface area contributed by atoms with Crippen LogP contribution in [0.2, 0.25) is 0 Å². The van der Waals surface area contributed by atoms with Gasteiger partial charge in [-0.3, -0.25) is 0 Å². The molecule has 0 unspecified atom stereocenters. The first-order valence-corrected chi connectivity index (χ1v) is 0. The van der Waals surface area contributed by atoms with E-state index in [0.717, 1.165) is 0 Å². The molecule has 0 aromatic heterocycles. The zero-order valence-corrected chi connectivity index (χ0v) is 180. The largest absolute Gasteiger partial charge is 0 e. The zero-order valence-electron chi connectivity index (χ0n) is 24.3. The molecule has 0 amide bonds. The maximum absolute atomic E-state index is 0. The average molecular weight is 11600 g/mol. The number of rotatable bonds is 0. The van der Waals surface area contributed by atoms with E-state index in [4.69, 9.17) is 0 Å². The summed E-state index contributed by atoms with van der Waals surface area (Å²) in [6.07, 6.45) is 0. The van der Waals surface area contributed by atoms with Crippen molar-refractivity contribution >= 4 is 0 Å². The summed E-state index contributed by atoms with van der Waals surface area (Å²) >= 11 is 0. The second kappa shape index (κ2) is 512. The van der Waals surface area contributed by atoms with Crippen molar-refractivity contribution in [1.82, 2.24) is 0 Å². The van der Waals surface area contributed by atoms with Crippen LogP contribution in [0.4, 0.5) is 0 Å². The summed E-state index contributed by atoms with van der Waals surface area (Å²) in [7, 11) is 0. The van der Waals surface area contributed by atoms with Crippen molar-refractivity contribution < 1.29 is 2820 Å². The Bertz CT molecular complexity index is 0. The molecule has 0 N–H and O–H groups in total. The predicted molar refractivity (Wildman–Crippen MR) is 0 cm³/mol. The normalized spacial score (nSPS) is 0. The Kier molecular flexibility index (Phi) is 3650. The van der Waals surface area contributed by atoms with Crippen molar-refractivity contribution in [1.29, 1.82) is 0 Å². The number of hydrogen-bond donors (Lipinski definition) is 0. The van der Waals surface area contributed by atoms with Gasteiger partial charge in [-0.05, 0) is 0 Å². The third-order valence-electron chi connectivity index (χ3n) is 0. The maximum atomic E-state index is 0. The summed E-state index contributed by atoms with van der Waals surface area (Å²) in [4.78, 5) is 0. The third-order valence-corrected chi connectivity index (χ3v) is 0. The molecular weight excluding hydrogens is 11600 g/mol. The third kappa shape index (κ3) is 506. The van der Waals surface area contributed by atoms with E-state index in [1.54, 1.807) is 0 Å². The van der Waals surface area contributed by atoms with E-state index >= 15 is 0 Å². The van der Waals surface area contributed by atoms with Gasteiger partial charge in [0.25, 0.3) is 0 Å². The van der Waals surface area contributed by atoms with Gasteiger partial charge in [0.15, 0.2) is 0 Å². The van der Waals surface area contributed by atoms with Crippen molar-refractivity contribution in [3.63, 3.8) is 0 Å². The first kappa shape index (κ1) is 521. The standard InChI is InChI=1S/73Tb. The van der Waals surface area contributed by atoms with Crippen molar-refractivity contribution in [2.75, 3.05) is 0 Å². The maximum Gasteiger partial charge on any atom is 0 e. The average Bonchev–Trinajstić information content (AvgIpc) is 0. The van der Waals surface area contributed by atoms with E-state index in [1.807, 2.05) is 0 Å². The van der Waals surface area contributed by atoms with E-state index in [1.165, 1.54) is 0 Å².